The van der Waals surface area contributed by atoms with Gasteiger partial charge in [0.25, 0.3) is 0 Å². The fourth-order valence-electron chi connectivity index (χ4n) is 2.01. The largest absolute Gasteiger partial charge is 0.329 e. The van der Waals surface area contributed by atoms with Crippen molar-refractivity contribution in [3.05, 3.63) is 12.7 Å². The lowest BCUT2D eigenvalue weighted by atomic mass is 10.1. The standard InChI is InChI=1S/C10H13N/c1-3-4-5-11-7-8(2)9-6-10(9)11/h3,8-10H,1,6-7H2,2H3. The van der Waals surface area contributed by atoms with Gasteiger partial charge in [0.05, 0.1) is 0 Å². The molecule has 1 nitrogen and oxygen atoms in total. The average molecular weight is 147 g/mol. The van der Waals surface area contributed by atoms with Gasteiger partial charge in [0, 0.05) is 18.6 Å². The normalized spacial score (nSPS) is 39.0. The maximum Gasteiger partial charge on any atom is 0.0407 e. The van der Waals surface area contributed by atoms with Crippen LogP contribution in [0.4, 0.5) is 0 Å². The number of allylic oxidation sites excluding steroid dienone is 1. The Labute approximate surface area is 68.1 Å². The molecule has 0 spiro atoms. The quantitative estimate of drug-likeness (QED) is 0.469. The maximum atomic E-state index is 3.58. The van der Waals surface area contributed by atoms with E-state index in [0.717, 1.165) is 24.4 Å². The van der Waals surface area contributed by atoms with Gasteiger partial charge >= 0.3 is 0 Å². The molecule has 0 radical (unpaired) electrons. The van der Waals surface area contributed by atoms with Crippen LogP contribution >= 0.6 is 0 Å². The monoisotopic (exact) mass is 147 g/mol. The Morgan fingerprint density at radius 2 is 2.45 bits per heavy atom. The van der Waals surface area contributed by atoms with E-state index in [-0.39, 0.29) is 0 Å². The fourth-order valence-corrected chi connectivity index (χ4v) is 2.01. The molecule has 0 aromatic heterocycles. The Balaban J connectivity index is 2.02. The summed E-state index contributed by atoms with van der Waals surface area (Å²) in [6, 6.07) is 3.91. The molecule has 0 N–H and O–H groups in total. The molecular weight excluding hydrogens is 134 g/mol. The van der Waals surface area contributed by atoms with Crippen molar-refractivity contribution in [1.29, 1.82) is 0 Å². The van der Waals surface area contributed by atoms with Crippen LogP contribution in [-0.2, 0) is 0 Å². The second-order valence-electron chi connectivity index (χ2n) is 3.56. The number of fused-ring (bicyclic) bond motifs is 1. The van der Waals surface area contributed by atoms with Crippen LogP contribution in [0.3, 0.4) is 0 Å². The molecule has 1 heterocycles. The molecule has 2 fully saturated rings. The predicted molar refractivity (Wildman–Crippen MR) is 45.7 cm³/mol. The second-order valence-corrected chi connectivity index (χ2v) is 3.56. The van der Waals surface area contributed by atoms with Crippen molar-refractivity contribution in [3.8, 4) is 12.0 Å². The summed E-state index contributed by atoms with van der Waals surface area (Å²) in [7, 11) is 0. The van der Waals surface area contributed by atoms with Gasteiger partial charge in [-0.05, 0) is 24.3 Å². The Kier molecular flexibility index (Phi) is 1.42. The minimum absolute atomic E-state index is 0.789. The van der Waals surface area contributed by atoms with Gasteiger partial charge in [-0.15, -0.1) is 0 Å². The molecule has 0 amide bonds. The molecule has 58 valence electrons. The fraction of sp³-hybridized carbons (Fsp3) is 0.600. The molecule has 1 heteroatoms. The lowest BCUT2D eigenvalue weighted by Gasteiger charge is -2.12. The summed E-state index contributed by atoms with van der Waals surface area (Å²) in [5.41, 5.74) is 0. The highest BCUT2D eigenvalue weighted by molar-refractivity contribution is 5.17. The zero-order valence-electron chi connectivity index (χ0n) is 6.88. The lowest BCUT2D eigenvalue weighted by Crippen LogP contribution is -2.18. The number of rotatable bonds is 0. The van der Waals surface area contributed by atoms with Crippen molar-refractivity contribution in [2.75, 3.05) is 6.54 Å². The summed E-state index contributed by atoms with van der Waals surface area (Å²) in [4.78, 5) is 2.27. The summed E-state index contributed by atoms with van der Waals surface area (Å²) in [6.45, 7) is 7.06. The molecule has 2 aliphatic rings. The third-order valence-electron chi connectivity index (χ3n) is 2.73. The summed E-state index contributed by atoms with van der Waals surface area (Å²) in [5, 5.41) is 0. The van der Waals surface area contributed by atoms with Gasteiger partial charge in [-0.3, -0.25) is 0 Å². The van der Waals surface area contributed by atoms with E-state index in [1.54, 1.807) is 6.08 Å². The number of likely N-dealkylation sites (tertiary alicyclic amines) is 1. The van der Waals surface area contributed by atoms with E-state index in [2.05, 4.69) is 30.4 Å². The van der Waals surface area contributed by atoms with Crippen molar-refractivity contribution in [1.82, 2.24) is 4.90 Å². The minimum atomic E-state index is 0.789. The highest BCUT2D eigenvalue weighted by atomic mass is 15.2. The minimum Gasteiger partial charge on any atom is -0.329 e. The van der Waals surface area contributed by atoms with Crippen molar-refractivity contribution >= 4 is 0 Å². The first-order chi connectivity index (χ1) is 5.33. The molecule has 0 aromatic carbocycles. The number of hydrogen-bond donors (Lipinski definition) is 0. The smallest absolute Gasteiger partial charge is 0.0407 e. The SMILES string of the molecule is C=CC#CN1CC(C)C2CC21. The van der Waals surface area contributed by atoms with Crippen molar-refractivity contribution in [2.45, 2.75) is 19.4 Å². The predicted octanol–water partition coefficient (Wildman–Crippen LogP) is 1.47. The summed E-state index contributed by atoms with van der Waals surface area (Å²) in [6.07, 6.45) is 3.04. The summed E-state index contributed by atoms with van der Waals surface area (Å²) < 4.78 is 0. The van der Waals surface area contributed by atoms with Gasteiger partial charge in [0.2, 0.25) is 0 Å². The highest BCUT2D eigenvalue weighted by Crippen LogP contribution is 2.47. The van der Waals surface area contributed by atoms with Crippen LogP contribution in [0.1, 0.15) is 13.3 Å². The Hall–Kier alpha value is -0.900. The van der Waals surface area contributed by atoms with Crippen LogP contribution in [0, 0.1) is 23.8 Å². The van der Waals surface area contributed by atoms with Gasteiger partial charge in [-0.1, -0.05) is 19.4 Å². The van der Waals surface area contributed by atoms with Gasteiger partial charge in [-0.25, -0.2) is 0 Å². The van der Waals surface area contributed by atoms with Crippen molar-refractivity contribution in [2.24, 2.45) is 11.8 Å². The molecule has 3 atom stereocenters. The molecule has 0 aromatic rings. The number of hydrogen-bond acceptors (Lipinski definition) is 1. The van der Waals surface area contributed by atoms with Gasteiger partial charge in [0.1, 0.15) is 0 Å². The zero-order valence-corrected chi connectivity index (χ0v) is 6.88. The maximum absolute atomic E-state index is 3.58. The third kappa shape index (κ3) is 1.03. The lowest BCUT2D eigenvalue weighted by molar-refractivity contribution is 0.403. The summed E-state index contributed by atoms with van der Waals surface area (Å²) in [5.74, 6) is 4.72. The van der Waals surface area contributed by atoms with E-state index in [9.17, 15) is 0 Å². The Bertz CT molecular complexity index is 233. The van der Waals surface area contributed by atoms with Crippen LogP contribution in [0.25, 0.3) is 0 Å². The van der Waals surface area contributed by atoms with E-state index < -0.39 is 0 Å². The van der Waals surface area contributed by atoms with Gasteiger partial charge in [-0.2, -0.15) is 0 Å². The first-order valence-corrected chi connectivity index (χ1v) is 4.21. The first kappa shape index (κ1) is 6.79. The topological polar surface area (TPSA) is 3.24 Å². The Morgan fingerprint density at radius 1 is 1.64 bits per heavy atom. The Morgan fingerprint density at radius 3 is 2.91 bits per heavy atom. The van der Waals surface area contributed by atoms with Crippen LogP contribution in [0.15, 0.2) is 12.7 Å². The molecule has 1 aliphatic carbocycles. The second kappa shape index (κ2) is 2.30. The van der Waals surface area contributed by atoms with E-state index in [4.69, 9.17) is 0 Å². The van der Waals surface area contributed by atoms with Gasteiger partial charge in [0.15, 0.2) is 0 Å². The van der Waals surface area contributed by atoms with Crippen LogP contribution in [0.2, 0.25) is 0 Å². The molecule has 1 saturated heterocycles. The number of nitrogens with zero attached hydrogens (tertiary/aromatic N) is 1. The molecule has 3 unspecified atom stereocenters. The van der Waals surface area contributed by atoms with E-state index >= 15 is 0 Å². The molecule has 11 heavy (non-hydrogen) atoms. The first-order valence-electron chi connectivity index (χ1n) is 4.21. The molecular formula is C10H13N. The van der Waals surface area contributed by atoms with Crippen LogP contribution in [-0.4, -0.2) is 17.5 Å². The van der Waals surface area contributed by atoms with E-state index in [1.165, 1.54) is 6.42 Å². The average Bonchev–Trinajstić information content (AvgIpc) is 2.71. The zero-order chi connectivity index (χ0) is 7.84. The molecule has 1 saturated carbocycles. The van der Waals surface area contributed by atoms with Crippen molar-refractivity contribution < 1.29 is 0 Å². The highest BCUT2D eigenvalue weighted by Gasteiger charge is 2.50. The molecule has 1 aliphatic heterocycles. The van der Waals surface area contributed by atoms with Crippen molar-refractivity contribution in [3.63, 3.8) is 0 Å². The van der Waals surface area contributed by atoms with Crippen LogP contribution < -0.4 is 0 Å². The van der Waals surface area contributed by atoms with Gasteiger partial charge < -0.3 is 4.90 Å². The number of piperidine rings is 1. The van der Waals surface area contributed by atoms with E-state index in [1.807, 2.05) is 0 Å². The summed E-state index contributed by atoms with van der Waals surface area (Å²) >= 11 is 0. The molecule has 2 rings (SSSR count). The third-order valence-corrected chi connectivity index (χ3v) is 2.73. The van der Waals surface area contributed by atoms with Crippen LogP contribution in [0.5, 0.6) is 0 Å². The van der Waals surface area contributed by atoms with E-state index in [0.29, 0.717) is 0 Å². The molecule has 0 bridgehead atoms.